The Morgan fingerprint density at radius 2 is 1.53 bits per heavy atom. The molecule has 0 saturated carbocycles. The van der Waals surface area contributed by atoms with E-state index in [0.29, 0.717) is 13.0 Å². The lowest BCUT2D eigenvalue weighted by Gasteiger charge is -2.28. The van der Waals surface area contributed by atoms with E-state index in [2.05, 4.69) is 35.2 Å². The van der Waals surface area contributed by atoms with Gasteiger partial charge in [0, 0.05) is 38.5 Å². The third kappa shape index (κ3) is 6.51. The van der Waals surface area contributed by atoms with Crippen molar-refractivity contribution >= 4 is 45.0 Å². The summed E-state index contributed by atoms with van der Waals surface area (Å²) in [6, 6.07) is 28.8. The van der Waals surface area contributed by atoms with E-state index in [1.54, 1.807) is 11.3 Å². The van der Waals surface area contributed by atoms with Gasteiger partial charge >= 0.3 is 0 Å². The Labute approximate surface area is 223 Å². The lowest BCUT2D eigenvalue weighted by molar-refractivity contribution is -0.118. The molecule has 36 heavy (non-hydrogen) atoms. The number of morpholine rings is 1. The molecule has 0 N–H and O–H groups in total. The fourth-order valence-corrected chi connectivity index (χ4v) is 5.67. The van der Waals surface area contributed by atoms with Crippen LogP contribution in [-0.4, -0.2) is 55.2 Å². The van der Waals surface area contributed by atoms with Crippen LogP contribution < -0.4 is 4.90 Å². The summed E-state index contributed by atoms with van der Waals surface area (Å²) in [5.74, 6) is 0.116. The zero-order valence-electron chi connectivity index (χ0n) is 20.3. The molecule has 1 aliphatic heterocycles. The topological polar surface area (TPSA) is 45.7 Å². The second-order valence-corrected chi connectivity index (χ2v) is 9.90. The van der Waals surface area contributed by atoms with Gasteiger partial charge in [0.2, 0.25) is 5.91 Å². The van der Waals surface area contributed by atoms with Crippen LogP contribution in [0.3, 0.4) is 0 Å². The fourth-order valence-electron chi connectivity index (χ4n) is 4.66. The predicted octanol–water partition coefficient (Wildman–Crippen LogP) is 6.00. The Kier molecular flexibility index (Phi) is 9.47. The van der Waals surface area contributed by atoms with Crippen LogP contribution in [0.2, 0.25) is 0 Å². The minimum Gasteiger partial charge on any atom is -0.379 e. The van der Waals surface area contributed by atoms with Crippen molar-refractivity contribution in [3.05, 3.63) is 96.1 Å². The summed E-state index contributed by atoms with van der Waals surface area (Å²) in [6.45, 7) is 5.11. The quantitative estimate of drug-likeness (QED) is 0.271. The largest absolute Gasteiger partial charge is 0.379 e. The van der Waals surface area contributed by atoms with Crippen molar-refractivity contribution in [2.24, 2.45) is 0 Å². The van der Waals surface area contributed by atoms with Crippen molar-refractivity contribution < 1.29 is 9.53 Å². The van der Waals surface area contributed by atoms with Gasteiger partial charge in [0.05, 0.1) is 23.4 Å². The second-order valence-electron chi connectivity index (χ2n) is 8.90. The van der Waals surface area contributed by atoms with Crippen LogP contribution in [0.25, 0.3) is 10.2 Å². The van der Waals surface area contributed by atoms with Crippen molar-refractivity contribution in [3.63, 3.8) is 0 Å². The van der Waals surface area contributed by atoms with Gasteiger partial charge in [-0.3, -0.25) is 14.6 Å². The normalized spacial score (nSPS) is 14.0. The summed E-state index contributed by atoms with van der Waals surface area (Å²) in [5.41, 5.74) is 3.26. The van der Waals surface area contributed by atoms with E-state index < -0.39 is 0 Å². The molecular formula is C29H32ClN3O2S. The predicted molar refractivity (Wildman–Crippen MR) is 150 cm³/mol. The first-order valence-electron chi connectivity index (χ1n) is 12.3. The fraction of sp³-hybridized carbons (Fsp3) is 0.310. The maximum Gasteiger partial charge on any atom is 0.229 e. The van der Waals surface area contributed by atoms with Crippen LogP contribution in [0.15, 0.2) is 84.9 Å². The van der Waals surface area contributed by atoms with E-state index in [-0.39, 0.29) is 24.2 Å². The third-order valence-corrected chi connectivity index (χ3v) is 7.62. The molecule has 1 aromatic heterocycles. The highest BCUT2D eigenvalue weighted by Crippen LogP contribution is 2.33. The van der Waals surface area contributed by atoms with Gasteiger partial charge in [0.25, 0.3) is 0 Å². The molecule has 0 aliphatic carbocycles. The standard InChI is InChI=1S/C29H31N3O2S.ClH/c33-28(22-25(23-10-3-1-4-11-23)24-12-5-2-6-13-24)32(17-9-16-31-18-20-34-21-19-31)29-30-26-14-7-8-15-27(26)35-29;/h1-8,10-15,25H,9,16-22H2;1H. The number of amides is 1. The molecule has 5 rings (SSSR count). The minimum absolute atomic E-state index is 0. The third-order valence-electron chi connectivity index (χ3n) is 6.56. The number of carbonyl (C=O) groups excluding carboxylic acids is 1. The molecule has 188 valence electrons. The summed E-state index contributed by atoms with van der Waals surface area (Å²) < 4.78 is 6.59. The lowest BCUT2D eigenvalue weighted by Crippen LogP contribution is -2.39. The van der Waals surface area contributed by atoms with Gasteiger partial charge in [-0.2, -0.15) is 0 Å². The first-order chi connectivity index (χ1) is 17.3. The molecule has 1 aliphatic rings. The number of ether oxygens (including phenoxy) is 1. The number of hydrogen-bond donors (Lipinski definition) is 0. The molecule has 1 fully saturated rings. The zero-order valence-corrected chi connectivity index (χ0v) is 21.9. The number of para-hydroxylation sites is 1. The number of benzene rings is 3. The first kappa shape index (κ1) is 26.3. The maximum absolute atomic E-state index is 13.9. The number of aromatic nitrogens is 1. The molecule has 2 heterocycles. The van der Waals surface area contributed by atoms with Crippen molar-refractivity contribution in [3.8, 4) is 0 Å². The average Bonchev–Trinajstić information content (AvgIpc) is 3.35. The molecule has 0 atom stereocenters. The Balaban J connectivity index is 0.00000304. The lowest BCUT2D eigenvalue weighted by atomic mass is 9.88. The molecule has 1 amide bonds. The van der Waals surface area contributed by atoms with E-state index in [9.17, 15) is 4.79 Å². The number of fused-ring (bicyclic) bond motifs is 1. The molecule has 0 bridgehead atoms. The highest BCUT2D eigenvalue weighted by atomic mass is 35.5. The van der Waals surface area contributed by atoms with Crippen molar-refractivity contribution in [2.45, 2.75) is 18.8 Å². The van der Waals surface area contributed by atoms with Gasteiger partial charge in [-0.1, -0.05) is 84.1 Å². The highest BCUT2D eigenvalue weighted by Gasteiger charge is 2.25. The minimum atomic E-state index is 0. The van der Waals surface area contributed by atoms with E-state index in [4.69, 9.17) is 9.72 Å². The van der Waals surface area contributed by atoms with Gasteiger partial charge in [-0.25, -0.2) is 4.98 Å². The van der Waals surface area contributed by atoms with Crippen LogP contribution in [-0.2, 0) is 9.53 Å². The Bertz CT molecular complexity index is 1160. The summed E-state index contributed by atoms with van der Waals surface area (Å²) in [4.78, 5) is 23.1. The Morgan fingerprint density at radius 3 is 2.17 bits per heavy atom. The van der Waals surface area contributed by atoms with Gasteiger partial charge in [-0.15, -0.1) is 12.4 Å². The molecular weight excluding hydrogens is 490 g/mol. The van der Waals surface area contributed by atoms with Gasteiger partial charge in [0.1, 0.15) is 0 Å². The average molecular weight is 522 g/mol. The SMILES string of the molecule is Cl.O=C(CC(c1ccccc1)c1ccccc1)N(CCCN1CCOCC1)c1nc2ccccc2s1. The molecule has 3 aromatic carbocycles. The summed E-state index contributed by atoms with van der Waals surface area (Å²) in [7, 11) is 0. The number of halogens is 1. The number of anilines is 1. The number of rotatable bonds is 9. The monoisotopic (exact) mass is 521 g/mol. The van der Waals surface area contributed by atoms with E-state index in [1.807, 2.05) is 59.5 Å². The van der Waals surface area contributed by atoms with Gasteiger partial charge in [-0.05, 0) is 29.7 Å². The number of thiazole rings is 1. The molecule has 0 spiro atoms. The van der Waals surface area contributed by atoms with Crippen LogP contribution in [0, 0.1) is 0 Å². The van der Waals surface area contributed by atoms with Crippen LogP contribution in [0.1, 0.15) is 29.9 Å². The van der Waals surface area contributed by atoms with E-state index in [0.717, 1.165) is 65.7 Å². The molecule has 0 unspecified atom stereocenters. The Hall–Kier alpha value is -2.77. The van der Waals surface area contributed by atoms with Crippen molar-refractivity contribution in [1.29, 1.82) is 0 Å². The van der Waals surface area contributed by atoms with Gasteiger partial charge in [0.15, 0.2) is 5.13 Å². The molecule has 7 heteroatoms. The van der Waals surface area contributed by atoms with Crippen molar-refractivity contribution in [1.82, 2.24) is 9.88 Å². The van der Waals surface area contributed by atoms with Crippen LogP contribution in [0.5, 0.6) is 0 Å². The summed E-state index contributed by atoms with van der Waals surface area (Å²) in [5, 5.41) is 0.790. The number of carbonyl (C=O) groups is 1. The molecule has 5 nitrogen and oxygen atoms in total. The summed E-state index contributed by atoms with van der Waals surface area (Å²) >= 11 is 1.60. The van der Waals surface area contributed by atoms with Crippen LogP contribution >= 0.6 is 23.7 Å². The Morgan fingerprint density at radius 1 is 0.917 bits per heavy atom. The van der Waals surface area contributed by atoms with E-state index >= 15 is 0 Å². The van der Waals surface area contributed by atoms with Gasteiger partial charge < -0.3 is 4.74 Å². The van der Waals surface area contributed by atoms with Crippen molar-refractivity contribution in [2.75, 3.05) is 44.3 Å². The molecule has 4 aromatic rings. The molecule has 1 saturated heterocycles. The highest BCUT2D eigenvalue weighted by molar-refractivity contribution is 7.22. The molecule has 0 radical (unpaired) electrons. The maximum atomic E-state index is 13.9. The van der Waals surface area contributed by atoms with E-state index in [1.165, 1.54) is 0 Å². The first-order valence-corrected chi connectivity index (χ1v) is 13.2. The zero-order chi connectivity index (χ0) is 23.9. The summed E-state index contributed by atoms with van der Waals surface area (Å²) in [6.07, 6.45) is 1.31. The number of hydrogen-bond acceptors (Lipinski definition) is 5. The van der Waals surface area contributed by atoms with Crippen LogP contribution in [0.4, 0.5) is 5.13 Å². The number of nitrogens with zero attached hydrogens (tertiary/aromatic N) is 3. The second kappa shape index (κ2) is 13.0. The smallest absolute Gasteiger partial charge is 0.229 e.